The second-order valence-electron chi connectivity index (χ2n) is 10.2. The Hall–Kier alpha value is -3.80. The van der Waals surface area contributed by atoms with Crippen molar-refractivity contribution in [3.05, 3.63) is 83.3 Å². The van der Waals surface area contributed by atoms with Gasteiger partial charge in [0.15, 0.2) is 22.9 Å². The fourth-order valence-corrected chi connectivity index (χ4v) is 5.32. The molecule has 11 heteroatoms. The van der Waals surface area contributed by atoms with Gasteiger partial charge in [0.05, 0.1) is 24.3 Å². The molecule has 42 heavy (non-hydrogen) atoms. The predicted molar refractivity (Wildman–Crippen MR) is 156 cm³/mol. The quantitative estimate of drug-likeness (QED) is 0.139. The number of hydrogen-bond donors (Lipinski definition) is 1. The zero-order valence-corrected chi connectivity index (χ0v) is 24.7. The van der Waals surface area contributed by atoms with E-state index in [-0.39, 0.29) is 16.5 Å². The van der Waals surface area contributed by atoms with Crippen molar-refractivity contribution in [1.82, 2.24) is 10.1 Å². The van der Waals surface area contributed by atoms with E-state index in [1.807, 2.05) is 6.92 Å². The molecule has 0 radical (unpaired) electrons. The highest BCUT2D eigenvalue weighted by molar-refractivity contribution is 7.85. The number of nitrogens with zero attached hydrogens (tertiary/aromatic N) is 2. The van der Waals surface area contributed by atoms with Crippen molar-refractivity contribution in [3.63, 3.8) is 0 Å². The number of aromatic nitrogens is 1. The number of Topliss-reactive ketones (excluding diaryl/α,β-unsaturated/α-hetero) is 1. The van der Waals surface area contributed by atoms with Gasteiger partial charge in [0.25, 0.3) is 10.1 Å². The summed E-state index contributed by atoms with van der Waals surface area (Å²) in [5.41, 5.74) is 3.02. The van der Waals surface area contributed by atoms with E-state index in [9.17, 15) is 17.6 Å². The molecule has 1 fully saturated rings. The first kappa shape index (κ1) is 31.1. The van der Waals surface area contributed by atoms with Gasteiger partial charge in [-0.1, -0.05) is 22.9 Å². The smallest absolute Gasteiger partial charge is 0.294 e. The van der Waals surface area contributed by atoms with Gasteiger partial charge in [0.2, 0.25) is 0 Å². The highest BCUT2D eigenvalue weighted by Gasteiger charge is 2.25. The summed E-state index contributed by atoms with van der Waals surface area (Å²) in [7, 11) is -2.45. The number of ether oxygens (including phenoxy) is 2. The summed E-state index contributed by atoms with van der Waals surface area (Å²) in [6.45, 7) is 6.87. The Balaban J connectivity index is 0.000000310. The van der Waals surface area contributed by atoms with Gasteiger partial charge in [-0.15, -0.1) is 0 Å². The van der Waals surface area contributed by atoms with E-state index in [1.54, 1.807) is 43.5 Å². The highest BCUT2D eigenvalue weighted by atomic mass is 32.2. The summed E-state index contributed by atoms with van der Waals surface area (Å²) < 4.78 is 59.5. The van der Waals surface area contributed by atoms with Gasteiger partial charge in [0.1, 0.15) is 5.82 Å². The lowest BCUT2D eigenvalue weighted by Crippen LogP contribution is -2.34. The molecule has 0 bridgehead atoms. The van der Waals surface area contributed by atoms with Crippen LogP contribution in [0.25, 0.3) is 11.0 Å². The molecule has 0 atom stereocenters. The van der Waals surface area contributed by atoms with Crippen LogP contribution in [0.5, 0.6) is 11.5 Å². The summed E-state index contributed by atoms with van der Waals surface area (Å²) in [5, 5.41) is 5.13. The average molecular weight is 599 g/mol. The van der Waals surface area contributed by atoms with E-state index < -0.39 is 10.1 Å². The van der Waals surface area contributed by atoms with Crippen LogP contribution in [-0.4, -0.2) is 62.2 Å². The van der Waals surface area contributed by atoms with Crippen molar-refractivity contribution in [2.45, 2.75) is 43.9 Å². The van der Waals surface area contributed by atoms with Gasteiger partial charge in [0, 0.05) is 29.5 Å². The first-order valence-electron chi connectivity index (χ1n) is 13.7. The Bertz CT molecular complexity index is 1610. The van der Waals surface area contributed by atoms with Crippen molar-refractivity contribution >= 4 is 26.9 Å². The molecule has 1 saturated heterocycles. The van der Waals surface area contributed by atoms with Crippen LogP contribution in [0.3, 0.4) is 0 Å². The van der Waals surface area contributed by atoms with Gasteiger partial charge in [-0.05, 0) is 88.7 Å². The molecule has 0 aliphatic carbocycles. The van der Waals surface area contributed by atoms with E-state index in [2.05, 4.69) is 10.1 Å². The van der Waals surface area contributed by atoms with Crippen LogP contribution in [0, 0.1) is 12.7 Å². The fourth-order valence-electron chi connectivity index (χ4n) is 4.84. The normalized spacial score (nSPS) is 14.3. The second kappa shape index (κ2) is 13.9. The Morgan fingerprint density at radius 3 is 2.43 bits per heavy atom. The first-order chi connectivity index (χ1) is 20.0. The lowest BCUT2D eigenvalue weighted by molar-refractivity contribution is 0.101. The van der Waals surface area contributed by atoms with Crippen molar-refractivity contribution in [1.29, 1.82) is 0 Å². The summed E-state index contributed by atoms with van der Waals surface area (Å²) in [6.07, 6.45) is 2.90. The molecule has 3 aromatic carbocycles. The standard InChI is InChI=1S/C24H27FN2O4.C7H8O3S/c1-16(28)18-4-7-21(23(14-18)29-2)30-13-3-10-27-11-8-17(9-12-27)24-20-6-5-19(25)15-22(20)31-26-24;1-6-2-4-7(5-3-6)11(8,9)10/h4-7,14-15,17H,3,8-13H2,1-2H3;2-5H,1H3,(H,8,9,10). The van der Waals surface area contributed by atoms with Crippen LogP contribution in [0.1, 0.15) is 53.7 Å². The van der Waals surface area contributed by atoms with Crippen LogP contribution in [0.4, 0.5) is 4.39 Å². The van der Waals surface area contributed by atoms with Gasteiger partial charge in [-0.25, -0.2) is 4.39 Å². The maximum absolute atomic E-state index is 13.4. The Kier molecular flexibility index (Phi) is 10.3. The Morgan fingerprint density at radius 1 is 1.07 bits per heavy atom. The maximum atomic E-state index is 13.4. The van der Waals surface area contributed by atoms with Crippen molar-refractivity contribution < 1.29 is 36.2 Å². The molecular weight excluding hydrogens is 563 g/mol. The molecule has 0 amide bonds. The number of hydrogen-bond acceptors (Lipinski definition) is 8. The van der Waals surface area contributed by atoms with E-state index in [0.29, 0.717) is 35.2 Å². The van der Waals surface area contributed by atoms with E-state index in [1.165, 1.54) is 31.2 Å². The number of carbonyl (C=O) groups excluding carboxylic acids is 1. The van der Waals surface area contributed by atoms with Crippen LogP contribution >= 0.6 is 0 Å². The number of fused-ring (bicyclic) bond motifs is 1. The SMILES string of the molecule is COc1cc(C(C)=O)ccc1OCCCN1CCC(c2noc3cc(F)ccc23)CC1.Cc1ccc(S(=O)(=O)O)cc1. The molecule has 1 aliphatic rings. The number of piperidine rings is 1. The minimum Gasteiger partial charge on any atom is -0.493 e. The number of aryl methyl sites for hydroxylation is 1. The zero-order valence-electron chi connectivity index (χ0n) is 23.9. The second-order valence-corrected chi connectivity index (χ2v) is 11.7. The fraction of sp³-hybridized carbons (Fsp3) is 0.355. The first-order valence-corrected chi connectivity index (χ1v) is 15.1. The third kappa shape index (κ3) is 8.15. The van der Waals surface area contributed by atoms with Crippen LogP contribution in [0.15, 0.2) is 70.1 Å². The molecule has 1 aromatic heterocycles. The molecule has 0 saturated carbocycles. The minimum atomic E-state index is -4.02. The summed E-state index contributed by atoms with van der Waals surface area (Å²) in [6, 6.07) is 15.9. The van der Waals surface area contributed by atoms with Gasteiger partial charge in [-0.2, -0.15) is 8.42 Å². The maximum Gasteiger partial charge on any atom is 0.294 e. The van der Waals surface area contributed by atoms with Gasteiger partial charge >= 0.3 is 0 Å². The minimum absolute atomic E-state index is 0.000894. The number of benzene rings is 3. The molecule has 5 rings (SSSR count). The Labute approximate surface area is 245 Å². The summed E-state index contributed by atoms with van der Waals surface area (Å²) >= 11 is 0. The number of rotatable bonds is 9. The van der Waals surface area contributed by atoms with Crippen LogP contribution in [-0.2, 0) is 10.1 Å². The highest BCUT2D eigenvalue weighted by Crippen LogP contribution is 2.33. The monoisotopic (exact) mass is 598 g/mol. The molecule has 0 unspecified atom stereocenters. The summed E-state index contributed by atoms with van der Waals surface area (Å²) in [5.74, 6) is 1.26. The zero-order chi connectivity index (χ0) is 30.3. The Morgan fingerprint density at radius 2 is 1.79 bits per heavy atom. The summed E-state index contributed by atoms with van der Waals surface area (Å²) in [4.78, 5) is 13.9. The van der Waals surface area contributed by atoms with Crippen molar-refractivity contribution in [2.75, 3.05) is 33.4 Å². The van der Waals surface area contributed by atoms with Crippen LogP contribution in [0.2, 0.25) is 0 Å². The molecule has 1 N–H and O–H groups in total. The van der Waals surface area contributed by atoms with Crippen molar-refractivity contribution in [3.8, 4) is 11.5 Å². The molecule has 0 spiro atoms. The van der Waals surface area contributed by atoms with E-state index in [4.69, 9.17) is 18.5 Å². The lowest BCUT2D eigenvalue weighted by atomic mass is 9.91. The molecule has 224 valence electrons. The molecule has 1 aliphatic heterocycles. The predicted octanol–water partition coefficient (Wildman–Crippen LogP) is 6.07. The topological polar surface area (TPSA) is 119 Å². The molecule has 2 heterocycles. The van der Waals surface area contributed by atoms with Crippen LogP contribution < -0.4 is 9.47 Å². The van der Waals surface area contributed by atoms with Crippen molar-refractivity contribution in [2.24, 2.45) is 0 Å². The van der Waals surface area contributed by atoms with E-state index in [0.717, 1.165) is 55.5 Å². The third-order valence-electron chi connectivity index (χ3n) is 7.20. The van der Waals surface area contributed by atoms with Gasteiger partial charge in [-0.3, -0.25) is 9.35 Å². The lowest BCUT2D eigenvalue weighted by Gasteiger charge is -2.31. The third-order valence-corrected chi connectivity index (χ3v) is 8.07. The number of halogens is 1. The number of carbonyl (C=O) groups is 1. The largest absolute Gasteiger partial charge is 0.493 e. The number of ketones is 1. The van der Waals surface area contributed by atoms with Gasteiger partial charge < -0.3 is 18.9 Å². The molecule has 4 aromatic rings. The molecule has 9 nitrogen and oxygen atoms in total. The number of methoxy groups -OCH3 is 1. The average Bonchev–Trinajstić information content (AvgIpc) is 3.38. The van der Waals surface area contributed by atoms with E-state index >= 15 is 0 Å². The number of likely N-dealkylation sites (tertiary alicyclic amines) is 1. The molecular formula is C31H35FN2O7S.